The van der Waals surface area contributed by atoms with E-state index in [-0.39, 0.29) is 16.7 Å². The zero-order chi connectivity index (χ0) is 28.0. The van der Waals surface area contributed by atoms with Crippen LogP contribution in [0.5, 0.6) is 5.75 Å². The molecule has 0 atom stereocenters. The van der Waals surface area contributed by atoms with Crippen molar-refractivity contribution in [3.05, 3.63) is 83.6 Å². The Kier molecular flexibility index (Phi) is 8.79. The van der Waals surface area contributed by atoms with E-state index in [1.165, 1.54) is 11.1 Å². The summed E-state index contributed by atoms with van der Waals surface area (Å²) >= 11 is 0. The average Bonchev–Trinajstić information content (AvgIpc) is 3.49. The molecule has 0 saturated heterocycles. The van der Waals surface area contributed by atoms with E-state index in [9.17, 15) is 4.79 Å². The summed E-state index contributed by atoms with van der Waals surface area (Å²) in [6, 6.07) is 19.9. The second kappa shape index (κ2) is 12.1. The number of nitrogens with one attached hydrogen (secondary N) is 1. The van der Waals surface area contributed by atoms with Gasteiger partial charge >= 0.3 is 0 Å². The molecular formula is C34H42N2O3. The van der Waals surface area contributed by atoms with Crippen molar-refractivity contribution < 1.29 is 13.9 Å². The third-order valence-electron chi connectivity index (χ3n) is 8.11. The molecule has 0 bridgehead atoms. The van der Waals surface area contributed by atoms with Crippen molar-refractivity contribution in [2.75, 3.05) is 13.2 Å². The number of nitrogens with zero attached hydrogens (tertiary/aromatic N) is 1. The molecule has 0 saturated carbocycles. The first-order chi connectivity index (χ1) is 18.7. The largest absolute Gasteiger partial charge is 0.493 e. The van der Waals surface area contributed by atoms with Gasteiger partial charge in [0.15, 0.2) is 5.76 Å². The Hall–Kier alpha value is -3.60. The van der Waals surface area contributed by atoms with Crippen LogP contribution in [0.1, 0.15) is 88.7 Å². The van der Waals surface area contributed by atoms with Gasteiger partial charge in [-0.2, -0.15) is 0 Å². The molecule has 1 N–H and O–H groups in total. The fraction of sp³-hybridized carbons (Fsp3) is 0.412. The molecule has 1 amide bonds. The fourth-order valence-electron chi connectivity index (χ4n) is 4.62. The van der Waals surface area contributed by atoms with E-state index in [2.05, 4.69) is 70.0 Å². The summed E-state index contributed by atoms with van der Waals surface area (Å²) < 4.78 is 11.8. The van der Waals surface area contributed by atoms with Gasteiger partial charge in [-0.1, -0.05) is 71.9 Å². The van der Waals surface area contributed by atoms with Crippen LogP contribution < -0.4 is 10.1 Å². The number of rotatable bonds is 12. The monoisotopic (exact) mass is 526 g/mol. The van der Waals surface area contributed by atoms with E-state index in [0.717, 1.165) is 42.3 Å². The maximum Gasteiger partial charge on any atom is 0.252 e. The van der Waals surface area contributed by atoms with Crippen LogP contribution >= 0.6 is 0 Å². The molecule has 5 nitrogen and oxygen atoms in total. The number of carbonyl (C=O) groups is 1. The SMILES string of the molecule is CCC(C)(C)c1ccc(OCCCCNC(=O)c2cc(-c3ccco3)nc3ccccc23)c(C(C)(C)CC)c1. The molecule has 0 unspecified atom stereocenters. The van der Waals surface area contributed by atoms with E-state index < -0.39 is 0 Å². The molecule has 0 aliphatic carbocycles. The quantitative estimate of drug-likeness (QED) is 0.188. The summed E-state index contributed by atoms with van der Waals surface area (Å²) in [5, 5.41) is 3.91. The Morgan fingerprint density at radius 3 is 2.41 bits per heavy atom. The smallest absolute Gasteiger partial charge is 0.252 e. The number of para-hydroxylation sites is 1. The van der Waals surface area contributed by atoms with Gasteiger partial charge < -0.3 is 14.5 Å². The van der Waals surface area contributed by atoms with Crippen LogP contribution in [-0.4, -0.2) is 24.0 Å². The molecule has 4 rings (SSSR count). The van der Waals surface area contributed by atoms with Crippen molar-refractivity contribution in [1.29, 1.82) is 0 Å². The number of aromatic nitrogens is 1. The lowest BCUT2D eigenvalue weighted by Gasteiger charge is -2.30. The Morgan fingerprint density at radius 2 is 1.69 bits per heavy atom. The van der Waals surface area contributed by atoms with Gasteiger partial charge in [-0.05, 0) is 72.4 Å². The Labute approximate surface area is 233 Å². The summed E-state index contributed by atoms with van der Waals surface area (Å²) in [7, 11) is 0. The summed E-state index contributed by atoms with van der Waals surface area (Å²) in [5.74, 6) is 1.50. The van der Waals surface area contributed by atoms with E-state index >= 15 is 0 Å². The molecule has 2 aromatic heterocycles. The topological polar surface area (TPSA) is 64.4 Å². The van der Waals surface area contributed by atoms with Crippen molar-refractivity contribution in [3.63, 3.8) is 0 Å². The number of carbonyl (C=O) groups excluding carboxylic acids is 1. The lowest BCUT2D eigenvalue weighted by molar-refractivity contribution is 0.0954. The molecule has 206 valence electrons. The number of pyridine rings is 1. The first-order valence-corrected chi connectivity index (χ1v) is 14.2. The summed E-state index contributed by atoms with van der Waals surface area (Å²) in [6.07, 6.45) is 5.41. The van der Waals surface area contributed by atoms with Crippen molar-refractivity contribution >= 4 is 16.8 Å². The van der Waals surface area contributed by atoms with Crippen LogP contribution in [0.25, 0.3) is 22.4 Å². The van der Waals surface area contributed by atoms with Crippen LogP contribution in [0, 0.1) is 0 Å². The van der Waals surface area contributed by atoms with E-state index in [0.29, 0.717) is 30.2 Å². The highest BCUT2D eigenvalue weighted by Gasteiger charge is 2.26. The second-order valence-corrected chi connectivity index (χ2v) is 11.5. The number of furan rings is 1. The Balaban J connectivity index is 1.37. The normalized spacial score (nSPS) is 12.1. The summed E-state index contributed by atoms with van der Waals surface area (Å²) in [4.78, 5) is 17.8. The average molecular weight is 527 g/mol. The van der Waals surface area contributed by atoms with Crippen molar-refractivity contribution in [1.82, 2.24) is 10.3 Å². The zero-order valence-corrected chi connectivity index (χ0v) is 24.3. The standard InChI is InChI=1S/C34H42N2O3/c1-7-33(3,4)24-17-18-30(27(22-24)34(5,6)8-2)38-20-12-11-19-35-32(37)26-23-29(31-16-13-21-39-31)36-28-15-10-9-14-25(26)28/h9-10,13-18,21-23H,7-8,11-12,19-20H2,1-6H3,(H,35,37). The van der Waals surface area contributed by atoms with E-state index in [1.54, 1.807) is 12.3 Å². The molecule has 0 spiro atoms. The molecule has 2 aromatic carbocycles. The van der Waals surface area contributed by atoms with Gasteiger partial charge in [0.05, 0.1) is 24.0 Å². The van der Waals surface area contributed by atoms with Crippen molar-refractivity contribution in [3.8, 4) is 17.2 Å². The Morgan fingerprint density at radius 1 is 0.923 bits per heavy atom. The lowest BCUT2D eigenvalue weighted by Crippen LogP contribution is -2.25. The highest BCUT2D eigenvalue weighted by atomic mass is 16.5. The van der Waals surface area contributed by atoms with E-state index in [4.69, 9.17) is 9.15 Å². The summed E-state index contributed by atoms with van der Waals surface area (Å²) in [5.41, 5.74) is 4.81. The molecular weight excluding hydrogens is 484 g/mol. The maximum atomic E-state index is 13.2. The van der Waals surface area contributed by atoms with Crippen molar-refractivity contribution in [2.24, 2.45) is 0 Å². The first kappa shape index (κ1) is 28.4. The minimum atomic E-state index is -0.108. The molecule has 2 heterocycles. The number of hydrogen-bond acceptors (Lipinski definition) is 4. The van der Waals surface area contributed by atoms with Gasteiger partial charge in [0.1, 0.15) is 11.4 Å². The van der Waals surface area contributed by atoms with Crippen LogP contribution in [0.4, 0.5) is 0 Å². The third kappa shape index (κ3) is 6.52. The number of ether oxygens (including phenoxy) is 1. The van der Waals surface area contributed by atoms with Crippen molar-refractivity contribution in [2.45, 2.75) is 78.1 Å². The molecule has 5 heteroatoms. The number of fused-ring (bicyclic) bond motifs is 1. The Bertz CT molecular complexity index is 1400. The molecule has 39 heavy (non-hydrogen) atoms. The van der Waals surface area contributed by atoms with Crippen LogP contribution in [0.15, 0.2) is 71.3 Å². The van der Waals surface area contributed by atoms with Gasteiger partial charge in [-0.15, -0.1) is 0 Å². The van der Waals surface area contributed by atoms with Gasteiger partial charge in [-0.25, -0.2) is 4.98 Å². The third-order valence-corrected chi connectivity index (χ3v) is 8.11. The minimum absolute atomic E-state index is 0.0327. The van der Waals surface area contributed by atoms with Crippen LogP contribution in [0.2, 0.25) is 0 Å². The maximum absolute atomic E-state index is 13.2. The molecule has 0 fully saturated rings. The van der Waals surface area contributed by atoms with Crippen LogP contribution in [0.3, 0.4) is 0 Å². The number of benzene rings is 2. The predicted octanol–water partition coefficient (Wildman–Crippen LogP) is 8.46. The highest BCUT2D eigenvalue weighted by molar-refractivity contribution is 6.07. The number of amides is 1. The molecule has 0 aliphatic heterocycles. The van der Waals surface area contributed by atoms with E-state index in [1.807, 2.05) is 36.4 Å². The minimum Gasteiger partial charge on any atom is -0.493 e. The van der Waals surface area contributed by atoms with Gasteiger partial charge in [-0.3, -0.25) is 4.79 Å². The molecule has 0 radical (unpaired) electrons. The predicted molar refractivity (Wildman–Crippen MR) is 160 cm³/mol. The summed E-state index contributed by atoms with van der Waals surface area (Å²) in [6.45, 7) is 14.8. The van der Waals surface area contributed by atoms with Crippen LogP contribution in [-0.2, 0) is 10.8 Å². The lowest BCUT2D eigenvalue weighted by atomic mass is 9.76. The number of hydrogen-bond donors (Lipinski definition) is 1. The second-order valence-electron chi connectivity index (χ2n) is 11.5. The molecule has 0 aliphatic rings. The van der Waals surface area contributed by atoms with Gasteiger partial charge in [0.2, 0.25) is 0 Å². The van der Waals surface area contributed by atoms with Gasteiger partial charge in [0.25, 0.3) is 5.91 Å². The number of unbranched alkanes of at least 4 members (excludes halogenated alkanes) is 1. The van der Waals surface area contributed by atoms with Gasteiger partial charge in [0, 0.05) is 17.5 Å². The fourth-order valence-corrected chi connectivity index (χ4v) is 4.62. The molecule has 4 aromatic rings. The zero-order valence-electron chi connectivity index (χ0n) is 24.3. The highest BCUT2D eigenvalue weighted by Crippen LogP contribution is 2.38. The first-order valence-electron chi connectivity index (χ1n) is 14.2.